The maximum atomic E-state index is 11.9. The molecule has 104 valence electrons. The van der Waals surface area contributed by atoms with Gasteiger partial charge in [0.15, 0.2) is 0 Å². The minimum Gasteiger partial charge on any atom is -0.478 e. The number of carboxylic acid groups (broad SMARTS) is 1. The van der Waals surface area contributed by atoms with Gasteiger partial charge in [-0.2, -0.15) is 0 Å². The van der Waals surface area contributed by atoms with Crippen LogP contribution in [0.2, 0.25) is 5.02 Å². The Morgan fingerprint density at radius 2 is 2.11 bits per heavy atom. The summed E-state index contributed by atoms with van der Waals surface area (Å²) in [6.45, 7) is 3.83. The fourth-order valence-electron chi connectivity index (χ4n) is 1.50. The van der Waals surface area contributed by atoms with Crippen LogP contribution in [-0.4, -0.2) is 23.0 Å². The van der Waals surface area contributed by atoms with Crippen molar-refractivity contribution in [3.05, 3.63) is 28.8 Å². The number of hydrogen-bond acceptors (Lipinski definition) is 3. The largest absolute Gasteiger partial charge is 0.478 e. The zero-order chi connectivity index (χ0) is 14.6. The third kappa shape index (κ3) is 3.94. The van der Waals surface area contributed by atoms with Crippen molar-refractivity contribution < 1.29 is 14.7 Å². The van der Waals surface area contributed by atoms with Crippen LogP contribution in [0, 0.1) is 5.92 Å². The predicted molar refractivity (Wildman–Crippen MR) is 74.5 cm³/mol. The van der Waals surface area contributed by atoms with Crippen LogP contribution in [-0.2, 0) is 4.79 Å². The Kier molecular flexibility index (Phi) is 5.32. The monoisotopic (exact) mass is 284 g/mol. The maximum absolute atomic E-state index is 11.9. The van der Waals surface area contributed by atoms with Gasteiger partial charge in [0.1, 0.15) is 0 Å². The lowest BCUT2D eigenvalue weighted by molar-refractivity contribution is -0.118. The summed E-state index contributed by atoms with van der Waals surface area (Å²) in [7, 11) is 0. The molecule has 0 spiro atoms. The maximum Gasteiger partial charge on any atom is 0.337 e. The normalized spacial score (nSPS) is 13.7. The van der Waals surface area contributed by atoms with Crippen LogP contribution in [0.5, 0.6) is 0 Å². The average molecular weight is 285 g/mol. The summed E-state index contributed by atoms with van der Waals surface area (Å²) in [5.41, 5.74) is 6.10. The van der Waals surface area contributed by atoms with Crippen molar-refractivity contribution in [1.29, 1.82) is 0 Å². The van der Waals surface area contributed by atoms with Crippen molar-refractivity contribution in [2.24, 2.45) is 11.7 Å². The molecule has 0 aromatic heterocycles. The van der Waals surface area contributed by atoms with Crippen LogP contribution >= 0.6 is 11.6 Å². The van der Waals surface area contributed by atoms with Gasteiger partial charge in [0, 0.05) is 5.69 Å². The van der Waals surface area contributed by atoms with Gasteiger partial charge >= 0.3 is 5.97 Å². The fourth-order valence-corrected chi connectivity index (χ4v) is 1.70. The van der Waals surface area contributed by atoms with E-state index in [1.165, 1.54) is 18.2 Å². The number of halogens is 1. The van der Waals surface area contributed by atoms with E-state index in [1.54, 1.807) is 0 Å². The molecular formula is C13H17ClN2O3. The lowest BCUT2D eigenvalue weighted by Crippen LogP contribution is -2.40. The number of carboxylic acids is 1. The second-order valence-electron chi connectivity index (χ2n) is 4.40. The average Bonchev–Trinajstić information content (AvgIpc) is 2.38. The molecule has 0 radical (unpaired) electrons. The molecule has 0 aliphatic carbocycles. The molecule has 0 heterocycles. The Morgan fingerprint density at radius 1 is 1.47 bits per heavy atom. The Morgan fingerprint density at radius 3 is 2.63 bits per heavy atom. The summed E-state index contributed by atoms with van der Waals surface area (Å²) < 4.78 is 0. The third-order valence-corrected chi connectivity index (χ3v) is 3.35. The van der Waals surface area contributed by atoms with Gasteiger partial charge < -0.3 is 16.2 Å². The van der Waals surface area contributed by atoms with Crippen LogP contribution in [0.15, 0.2) is 18.2 Å². The summed E-state index contributed by atoms with van der Waals surface area (Å²) in [4.78, 5) is 22.8. The quantitative estimate of drug-likeness (QED) is 0.774. The van der Waals surface area contributed by atoms with E-state index in [-0.39, 0.29) is 22.4 Å². The van der Waals surface area contributed by atoms with Gasteiger partial charge in [0.2, 0.25) is 5.91 Å². The molecule has 0 aliphatic rings. The lowest BCUT2D eigenvalue weighted by atomic mass is 9.99. The summed E-state index contributed by atoms with van der Waals surface area (Å²) in [5.74, 6) is -1.44. The Bertz CT molecular complexity index is 491. The molecule has 2 atom stereocenters. The number of carbonyl (C=O) groups is 2. The van der Waals surface area contributed by atoms with E-state index in [2.05, 4.69) is 5.32 Å². The van der Waals surface area contributed by atoms with Crippen molar-refractivity contribution in [2.45, 2.75) is 26.3 Å². The van der Waals surface area contributed by atoms with Crippen molar-refractivity contribution in [2.75, 3.05) is 5.32 Å². The van der Waals surface area contributed by atoms with Crippen molar-refractivity contribution in [1.82, 2.24) is 0 Å². The first-order chi connectivity index (χ1) is 8.86. The second-order valence-corrected chi connectivity index (χ2v) is 4.81. The molecule has 4 N–H and O–H groups in total. The molecule has 1 amide bonds. The Labute approximate surface area is 116 Å². The first-order valence-electron chi connectivity index (χ1n) is 5.96. The van der Waals surface area contributed by atoms with Gasteiger partial charge in [-0.1, -0.05) is 31.9 Å². The SMILES string of the molecule is CCC(C)[C@H](N)C(=O)Nc1ccc(Cl)c(C(=O)O)c1. The van der Waals surface area contributed by atoms with E-state index in [9.17, 15) is 9.59 Å². The first-order valence-corrected chi connectivity index (χ1v) is 6.33. The van der Waals surface area contributed by atoms with E-state index in [0.717, 1.165) is 6.42 Å². The lowest BCUT2D eigenvalue weighted by Gasteiger charge is -2.17. The number of rotatable bonds is 5. The Balaban J connectivity index is 2.86. The highest BCUT2D eigenvalue weighted by Crippen LogP contribution is 2.21. The molecule has 0 bridgehead atoms. The van der Waals surface area contributed by atoms with E-state index < -0.39 is 12.0 Å². The van der Waals surface area contributed by atoms with Crippen LogP contribution < -0.4 is 11.1 Å². The zero-order valence-electron chi connectivity index (χ0n) is 10.8. The highest BCUT2D eigenvalue weighted by Gasteiger charge is 2.20. The highest BCUT2D eigenvalue weighted by atomic mass is 35.5. The number of benzene rings is 1. The number of nitrogens with one attached hydrogen (secondary N) is 1. The molecule has 1 rings (SSSR count). The van der Waals surface area contributed by atoms with Gasteiger partial charge in [-0.25, -0.2) is 4.79 Å². The smallest absolute Gasteiger partial charge is 0.337 e. The van der Waals surface area contributed by atoms with Crippen molar-refractivity contribution >= 4 is 29.2 Å². The summed E-state index contributed by atoms with van der Waals surface area (Å²) in [5, 5.41) is 11.7. The molecule has 1 unspecified atom stereocenters. The van der Waals surface area contributed by atoms with E-state index >= 15 is 0 Å². The molecule has 0 fully saturated rings. The zero-order valence-corrected chi connectivity index (χ0v) is 11.6. The second kappa shape index (κ2) is 6.54. The summed E-state index contributed by atoms with van der Waals surface area (Å²) in [6, 6.07) is 3.64. The van der Waals surface area contributed by atoms with E-state index in [1.807, 2.05) is 13.8 Å². The van der Waals surface area contributed by atoms with Crippen LogP contribution in [0.25, 0.3) is 0 Å². The molecule has 5 nitrogen and oxygen atoms in total. The van der Waals surface area contributed by atoms with Gasteiger partial charge in [0.05, 0.1) is 16.6 Å². The summed E-state index contributed by atoms with van der Waals surface area (Å²) in [6.07, 6.45) is 0.787. The van der Waals surface area contributed by atoms with Crippen molar-refractivity contribution in [3.8, 4) is 0 Å². The van der Waals surface area contributed by atoms with Crippen LogP contribution in [0.4, 0.5) is 5.69 Å². The number of hydrogen-bond donors (Lipinski definition) is 3. The van der Waals surface area contributed by atoms with Crippen LogP contribution in [0.3, 0.4) is 0 Å². The molecule has 19 heavy (non-hydrogen) atoms. The topological polar surface area (TPSA) is 92.4 Å². The Hall–Kier alpha value is -1.59. The van der Waals surface area contributed by atoms with Crippen LogP contribution in [0.1, 0.15) is 30.6 Å². The number of nitrogens with two attached hydrogens (primary N) is 1. The minimum absolute atomic E-state index is 0.0474. The van der Waals surface area contributed by atoms with Crippen molar-refractivity contribution in [3.63, 3.8) is 0 Å². The van der Waals surface area contributed by atoms with E-state index in [0.29, 0.717) is 5.69 Å². The van der Waals surface area contributed by atoms with Gasteiger partial charge in [-0.3, -0.25) is 4.79 Å². The highest BCUT2D eigenvalue weighted by molar-refractivity contribution is 6.33. The molecule has 6 heteroatoms. The number of amides is 1. The minimum atomic E-state index is -1.15. The van der Waals surface area contributed by atoms with Gasteiger partial charge in [-0.15, -0.1) is 0 Å². The standard InChI is InChI=1S/C13H17ClN2O3/c1-3-7(2)11(15)12(17)16-8-4-5-10(14)9(6-8)13(18)19/h4-7,11H,3,15H2,1-2H3,(H,16,17)(H,18,19)/t7?,11-/m0/s1. The molecule has 1 aromatic carbocycles. The summed E-state index contributed by atoms with van der Waals surface area (Å²) >= 11 is 5.74. The number of aromatic carboxylic acids is 1. The van der Waals surface area contributed by atoms with Gasteiger partial charge in [0.25, 0.3) is 0 Å². The molecule has 0 saturated carbocycles. The van der Waals surface area contributed by atoms with Gasteiger partial charge in [-0.05, 0) is 24.1 Å². The predicted octanol–water partition coefficient (Wildman–Crippen LogP) is 2.35. The number of anilines is 1. The molecule has 0 saturated heterocycles. The molecular weight excluding hydrogens is 268 g/mol. The van der Waals surface area contributed by atoms with E-state index in [4.69, 9.17) is 22.4 Å². The number of carbonyl (C=O) groups excluding carboxylic acids is 1. The molecule has 0 aliphatic heterocycles. The fraction of sp³-hybridized carbons (Fsp3) is 0.385. The molecule has 1 aromatic rings. The third-order valence-electron chi connectivity index (χ3n) is 3.02. The first kappa shape index (κ1) is 15.5.